The van der Waals surface area contributed by atoms with E-state index in [1.165, 1.54) is 12.1 Å². The van der Waals surface area contributed by atoms with Crippen LogP contribution in [0.2, 0.25) is 5.02 Å². The maximum atomic E-state index is 13.6. The number of nitrogens with zero attached hydrogens (tertiary/aromatic N) is 3. The zero-order valence-electron chi connectivity index (χ0n) is 9.83. The van der Waals surface area contributed by atoms with Gasteiger partial charge in [-0.2, -0.15) is 5.26 Å². The van der Waals surface area contributed by atoms with Crippen molar-refractivity contribution in [3.63, 3.8) is 0 Å². The molecule has 0 aliphatic heterocycles. The molecular weight excluding hydrogens is 253 g/mol. The molecule has 0 saturated carbocycles. The van der Waals surface area contributed by atoms with Gasteiger partial charge in [0.05, 0.1) is 10.7 Å². The van der Waals surface area contributed by atoms with Crippen LogP contribution in [0.25, 0.3) is 11.3 Å². The summed E-state index contributed by atoms with van der Waals surface area (Å²) in [5.74, 6) is -0.314. The maximum absolute atomic E-state index is 13.6. The van der Waals surface area contributed by atoms with Gasteiger partial charge in [-0.25, -0.2) is 14.4 Å². The van der Waals surface area contributed by atoms with Crippen LogP contribution in [-0.2, 0) is 0 Å². The fourth-order valence-electron chi connectivity index (χ4n) is 1.60. The van der Waals surface area contributed by atoms with Gasteiger partial charge in [-0.15, -0.1) is 0 Å². The largest absolute Gasteiger partial charge is 0.232 e. The predicted molar refractivity (Wildman–Crippen MR) is 66.6 cm³/mol. The van der Waals surface area contributed by atoms with Gasteiger partial charge in [0.1, 0.15) is 11.9 Å². The highest BCUT2D eigenvalue weighted by atomic mass is 35.5. The van der Waals surface area contributed by atoms with Gasteiger partial charge in [0.25, 0.3) is 0 Å². The lowest BCUT2D eigenvalue weighted by Crippen LogP contribution is -1.96. The number of benzene rings is 1. The third-order valence-corrected chi connectivity index (χ3v) is 2.79. The van der Waals surface area contributed by atoms with Crippen LogP contribution in [0.4, 0.5) is 4.39 Å². The third-order valence-electron chi connectivity index (χ3n) is 2.48. The van der Waals surface area contributed by atoms with Gasteiger partial charge in [0, 0.05) is 11.3 Å². The molecule has 1 heterocycles. The second kappa shape index (κ2) is 4.71. The molecule has 0 fully saturated rings. The quantitative estimate of drug-likeness (QED) is 0.790. The van der Waals surface area contributed by atoms with Gasteiger partial charge in [0.2, 0.25) is 5.82 Å². The molecule has 0 N–H and O–H groups in total. The molecule has 0 saturated heterocycles. The van der Waals surface area contributed by atoms with E-state index < -0.39 is 0 Å². The fraction of sp³-hybridized carbons (Fsp3) is 0.154. The molecule has 2 aromatic rings. The van der Waals surface area contributed by atoms with Gasteiger partial charge in [0.15, 0.2) is 0 Å². The Morgan fingerprint density at radius 2 is 1.94 bits per heavy atom. The predicted octanol–water partition coefficient (Wildman–Crippen LogP) is 3.42. The first-order valence-electron chi connectivity index (χ1n) is 5.23. The van der Waals surface area contributed by atoms with Crippen molar-refractivity contribution < 1.29 is 4.39 Å². The smallest absolute Gasteiger partial charge is 0.224 e. The molecule has 0 aliphatic rings. The van der Waals surface area contributed by atoms with Crippen LogP contribution >= 0.6 is 11.6 Å². The van der Waals surface area contributed by atoms with Crippen molar-refractivity contribution in [2.45, 2.75) is 13.8 Å². The molecule has 0 atom stereocenters. The summed E-state index contributed by atoms with van der Waals surface area (Å²) in [5, 5.41) is 9.22. The molecule has 0 amide bonds. The summed E-state index contributed by atoms with van der Waals surface area (Å²) in [6.45, 7) is 3.38. The second-order valence-electron chi connectivity index (χ2n) is 3.91. The van der Waals surface area contributed by atoms with E-state index >= 15 is 0 Å². The van der Waals surface area contributed by atoms with E-state index in [9.17, 15) is 4.39 Å². The summed E-state index contributed by atoms with van der Waals surface area (Å²) in [6.07, 6.45) is 0. The van der Waals surface area contributed by atoms with Gasteiger partial charge in [-0.1, -0.05) is 11.6 Å². The molecule has 90 valence electrons. The summed E-state index contributed by atoms with van der Waals surface area (Å²) < 4.78 is 13.6. The van der Waals surface area contributed by atoms with Crippen LogP contribution in [0.15, 0.2) is 18.2 Å². The first-order valence-corrected chi connectivity index (χ1v) is 5.61. The highest BCUT2D eigenvalue weighted by molar-refractivity contribution is 6.33. The van der Waals surface area contributed by atoms with E-state index in [-0.39, 0.29) is 11.6 Å². The Hall–Kier alpha value is -1.99. The van der Waals surface area contributed by atoms with E-state index in [1.54, 1.807) is 19.9 Å². The first kappa shape index (κ1) is 12.5. The summed E-state index contributed by atoms with van der Waals surface area (Å²) in [6, 6.07) is 6.39. The van der Waals surface area contributed by atoms with Crippen LogP contribution in [0.3, 0.4) is 0 Å². The van der Waals surface area contributed by atoms with Crippen molar-refractivity contribution in [2.24, 2.45) is 0 Å². The lowest BCUT2D eigenvalue weighted by molar-refractivity contribution is 0.619. The molecule has 0 bridgehead atoms. The monoisotopic (exact) mass is 261 g/mol. The Bertz CT molecular complexity index is 662. The third kappa shape index (κ3) is 2.31. The minimum Gasteiger partial charge on any atom is -0.224 e. The van der Waals surface area contributed by atoms with Crippen molar-refractivity contribution in [2.75, 3.05) is 0 Å². The minimum absolute atomic E-state index is 0.0436. The van der Waals surface area contributed by atoms with Gasteiger partial charge in [-0.05, 0) is 37.6 Å². The molecule has 0 aliphatic carbocycles. The summed E-state index contributed by atoms with van der Waals surface area (Å²) >= 11 is 6.07. The number of halogens is 2. The number of aromatic nitrogens is 2. The van der Waals surface area contributed by atoms with E-state index in [0.717, 1.165) is 0 Å². The van der Waals surface area contributed by atoms with Crippen LogP contribution in [0, 0.1) is 31.0 Å². The van der Waals surface area contributed by atoms with Crippen molar-refractivity contribution in [1.82, 2.24) is 9.97 Å². The lowest BCUT2D eigenvalue weighted by atomic mass is 10.1. The Morgan fingerprint density at radius 3 is 2.61 bits per heavy atom. The van der Waals surface area contributed by atoms with Crippen molar-refractivity contribution in [3.8, 4) is 17.3 Å². The fourth-order valence-corrected chi connectivity index (χ4v) is 1.91. The molecule has 0 unspecified atom stereocenters. The molecule has 3 nitrogen and oxygen atoms in total. The maximum Gasteiger partial charge on any atom is 0.232 e. The second-order valence-corrected chi connectivity index (χ2v) is 4.32. The average Bonchev–Trinajstić information content (AvgIpc) is 2.33. The minimum atomic E-state index is -0.357. The van der Waals surface area contributed by atoms with Crippen LogP contribution < -0.4 is 0 Å². The van der Waals surface area contributed by atoms with Crippen molar-refractivity contribution in [1.29, 1.82) is 5.26 Å². The standard InChI is InChI=1S/C13H9ClFN3/c1-7-3-10(14)9(5-11(7)15)12-4-8(2)17-13(6-16)18-12/h3-5H,1-2H3. The number of hydrogen-bond donors (Lipinski definition) is 0. The molecule has 0 radical (unpaired) electrons. The van der Waals surface area contributed by atoms with Crippen molar-refractivity contribution in [3.05, 3.63) is 46.1 Å². The highest BCUT2D eigenvalue weighted by Crippen LogP contribution is 2.29. The van der Waals surface area contributed by atoms with Crippen molar-refractivity contribution >= 4 is 11.6 Å². The zero-order chi connectivity index (χ0) is 13.3. The Balaban J connectivity index is 2.66. The lowest BCUT2D eigenvalue weighted by Gasteiger charge is -2.07. The number of rotatable bonds is 1. The van der Waals surface area contributed by atoms with Crippen LogP contribution in [0.1, 0.15) is 17.1 Å². The normalized spacial score (nSPS) is 10.2. The summed E-state index contributed by atoms with van der Waals surface area (Å²) in [7, 11) is 0. The Labute approximate surface area is 109 Å². The van der Waals surface area contributed by atoms with Crippen LogP contribution in [-0.4, -0.2) is 9.97 Å². The molecule has 18 heavy (non-hydrogen) atoms. The van der Waals surface area contributed by atoms with E-state index in [0.29, 0.717) is 27.5 Å². The summed E-state index contributed by atoms with van der Waals surface area (Å²) in [5.41, 5.74) is 2.01. The topological polar surface area (TPSA) is 49.6 Å². The number of hydrogen-bond acceptors (Lipinski definition) is 3. The van der Waals surface area contributed by atoms with Gasteiger partial charge < -0.3 is 0 Å². The Morgan fingerprint density at radius 1 is 1.22 bits per heavy atom. The molecule has 1 aromatic carbocycles. The molecule has 1 aromatic heterocycles. The van der Waals surface area contributed by atoms with Gasteiger partial charge in [-0.3, -0.25) is 0 Å². The first-order chi connectivity index (χ1) is 8.51. The van der Waals surface area contributed by atoms with E-state index in [4.69, 9.17) is 16.9 Å². The van der Waals surface area contributed by atoms with Gasteiger partial charge >= 0.3 is 0 Å². The molecule has 2 rings (SSSR count). The Kier molecular flexibility index (Phi) is 3.26. The zero-order valence-corrected chi connectivity index (χ0v) is 10.6. The SMILES string of the molecule is Cc1cc(-c2cc(F)c(C)cc2Cl)nc(C#N)n1. The summed E-state index contributed by atoms with van der Waals surface area (Å²) in [4.78, 5) is 7.97. The van der Waals surface area contributed by atoms with Crippen LogP contribution in [0.5, 0.6) is 0 Å². The number of aryl methyl sites for hydroxylation is 2. The molecule has 0 spiro atoms. The highest BCUT2D eigenvalue weighted by Gasteiger charge is 2.11. The van der Waals surface area contributed by atoms with E-state index in [2.05, 4.69) is 9.97 Å². The van der Waals surface area contributed by atoms with E-state index in [1.807, 2.05) is 6.07 Å². The number of nitriles is 1. The molecule has 5 heteroatoms. The average molecular weight is 262 g/mol. The molecular formula is C13H9ClFN3.